The van der Waals surface area contributed by atoms with E-state index >= 15 is 0 Å². The number of carbonyl (C=O) groups is 3. The van der Waals surface area contributed by atoms with E-state index in [9.17, 15) is 19.5 Å². The number of carboxylic acid groups (broad SMARTS) is 1. The Bertz CT molecular complexity index is 1200. The van der Waals surface area contributed by atoms with Crippen molar-refractivity contribution in [2.45, 2.75) is 225 Å². The van der Waals surface area contributed by atoms with E-state index in [1.807, 2.05) is 21.1 Å². The second kappa shape index (κ2) is 44.6. The van der Waals surface area contributed by atoms with Crippen molar-refractivity contribution in [1.29, 1.82) is 0 Å². The second-order valence-corrected chi connectivity index (χ2v) is 18.1. The summed E-state index contributed by atoms with van der Waals surface area (Å²) in [6.07, 6.45) is 55.5. The second-order valence-electron chi connectivity index (χ2n) is 18.1. The van der Waals surface area contributed by atoms with Gasteiger partial charge in [0.25, 0.3) is 0 Å². The summed E-state index contributed by atoms with van der Waals surface area (Å²) in [5.41, 5.74) is 0. The lowest BCUT2D eigenvalue weighted by Gasteiger charge is -2.31. The first-order valence-electron chi connectivity index (χ1n) is 25.3. The number of unbranched alkanes of at least 4 members (excludes halogenated alkanes) is 21. The van der Waals surface area contributed by atoms with Gasteiger partial charge in [-0.05, 0) is 57.8 Å². The quantitative estimate of drug-likeness (QED) is 0.0282. The molecule has 0 bridgehead atoms. The van der Waals surface area contributed by atoms with Crippen LogP contribution in [0.3, 0.4) is 0 Å². The number of ether oxygens (including phenoxy) is 3. The maximum Gasteiger partial charge on any atom is 0.362 e. The summed E-state index contributed by atoms with van der Waals surface area (Å²) in [7, 11) is 5.53. The number of likely N-dealkylation sites (N-methyl/N-ethyl adjacent to an activating group) is 1. The van der Waals surface area contributed by atoms with Gasteiger partial charge in [-0.15, -0.1) is 0 Å². The molecular formula is C54H96NO7+. The molecule has 8 nitrogen and oxygen atoms in total. The molecule has 0 aromatic rings. The molecule has 0 aromatic heterocycles. The Kier molecular flexibility index (Phi) is 42.5. The van der Waals surface area contributed by atoms with Gasteiger partial charge in [-0.2, -0.15) is 0 Å². The van der Waals surface area contributed by atoms with E-state index in [1.165, 1.54) is 103 Å². The summed E-state index contributed by atoms with van der Waals surface area (Å²) in [6.45, 7) is 4.63. The van der Waals surface area contributed by atoms with E-state index in [-0.39, 0.29) is 36.2 Å². The van der Waals surface area contributed by atoms with Crippen molar-refractivity contribution in [3.8, 4) is 0 Å². The minimum atomic E-state index is -0.876. The van der Waals surface area contributed by atoms with Gasteiger partial charge in [0.15, 0.2) is 12.1 Å². The topological polar surface area (TPSA) is 99.1 Å². The molecule has 2 atom stereocenters. The molecule has 0 aliphatic rings. The number of hydrogen-bond acceptors (Lipinski definition) is 6. The number of carbonyl (C=O) groups excluding carboxylic acids is 2. The smallest absolute Gasteiger partial charge is 0.362 e. The van der Waals surface area contributed by atoms with Crippen molar-refractivity contribution in [1.82, 2.24) is 0 Å². The molecule has 0 aliphatic heterocycles. The number of quaternary nitrogens is 1. The molecule has 2 unspecified atom stereocenters. The zero-order valence-electron chi connectivity index (χ0n) is 40.8. The van der Waals surface area contributed by atoms with Crippen molar-refractivity contribution in [3.05, 3.63) is 60.8 Å². The van der Waals surface area contributed by atoms with Crippen molar-refractivity contribution >= 4 is 17.9 Å². The Morgan fingerprint density at radius 1 is 0.500 bits per heavy atom. The van der Waals surface area contributed by atoms with Gasteiger partial charge >= 0.3 is 17.9 Å². The molecule has 0 amide bonds. The van der Waals surface area contributed by atoms with Crippen LogP contribution < -0.4 is 0 Å². The molecule has 0 fully saturated rings. The van der Waals surface area contributed by atoms with Gasteiger partial charge in [0, 0.05) is 19.3 Å². The molecule has 0 spiro atoms. The summed E-state index contributed by atoms with van der Waals surface area (Å²) in [4.78, 5) is 37.1. The summed E-state index contributed by atoms with van der Waals surface area (Å²) >= 11 is 0. The van der Waals surface area contributed by atoms with Crippen LogP contribution in [0, 0.1) is 0 Å². The van der Waals surface area contributed by atoms with E-state index in [1.54, 1.807) is 0 Å². The average Bonchev–Trinajstić information content (AvgIpc) is 3.23. The lowest BCUT2D eigenvalue weighted by atomic mass is 10.0. The first-order chi connectivity index (χ1) is 30.1. The third kappa shape index (κ3) is 42.3. The number of aliphatic carboxylic acids is 1. The lowest BCUT2D eigenvalue weighted by molar-refractivity contribution is -0.887. The van der Waals surface area contributed by atoms with Gasteiger partial charge in [0.05, 0.1) is 34.4 Å². The summed E-state index contributed by atoms with van der Waals surface area (Å²) < 4.78 is 17.3. The average molecular weight is 871 g/mol. The SMILES string of the molecule is CC/C=C/C/C=C/C/C=C/C/C=C/C/C=C/CCCCCCCCCC(=O)OCC(COCCC(C(=O)O)[N+](C)(C)C)OC(=O)CCCCCCCCCCCCCCCCC. The molecular weight excluding hydrogens is 775 g/mol. The summed E-state index contributed by atoms with van der Waals surface area (Å²) in [5, 5.41) is 9.65. The minimum Gasteiger partial charge on any atom is -0.477 e. The van der Waals surface area contributed by atoms with Gasteiger partial charge in [-0.3, -0.25) is 9.59 Å². The van der Waals surface area contributed by atoms with E-state index in [0.717, 1.165) is 77.0 Å². The number of carboxylic acids is 1. The molecule has 0 rings (SSSR count). The first kappa shape index (κ1) is 59.0. The predicted molar refractivity (Wildman–Crippen MR) is 261 cm³/mol. The van der Waals surface area contributed by atoms with Crippen LogP contribution in [-0.2, 0) is 28.6 Å². The van der Waals surface area contributed by atoms with Crippen molar-refractivity contribution < 1.29 is 38.2 Å². The molecule has 0 aromatic carbocycles. The third-order valence-electron chi connectivity index (χ3n) is 11.2. The molecule has 1 N–H and O–H groups in total. The molecule has 0 aliphatic carbocycles. The van der Waals surface area contributed by atoms with Crippen molar-refractivity contribution in [2.75, 3.05) is 41.0 Å². The zero-order chi connectivity index (χ0) is 45.6. The van der Waals surface area contributed by atoms with Crippen molar-refractivity contribution in [2.24, 2.45) is 0 Å². The minimum absolute atomic E-state index is 0.0565. The highest BCUT2D eigenvalue weighted by Gasteiger charge is 2.31. The van der Waals surface area contributed by atoms with E-state index in [0.29, 0.717) is 19.3 Å². The van der Waals surface area contributed by atoms with Gasteiger partial charge < -0.3 is 23.8 Å². The highest BCUT2D eigenvalue weighted by Crippen LogP contribution is 2.15. The van der Waals surface area contributed by atoms with Crippen LogP contribution in [0.15, 0.2) is 60.8 Å². The fraction of sp³-hybridized carbons (Fsp3) is 0.759. The molecule has 0 saturated heterocycles. The molecule has 0 heterocycles. The maximum atomic E-state index is 12.8. The molecule has 8 heteroatoms. The highest BCUT2D eigenvalue weighted by atomic mass is 16.6. The Hall–Kier alpha value is -2.97. The number of allylic oxidation sites excluding steroid dienone is 10. The third-order valence-corrected chi connectivity index (χ3v) is 11.2. The Balaban J connectivity index is 4.25. The maximum absolute atomic E-state index is 12.8. The molecule has 358 valence electrons. The van der Waals surface area contributed by atoms with Gasteiger partial charge in [-0.1, -0.05) is 197 Å². The van der Waals surface area contributed by atoms with Gasteiger partial charge in [0.1, 0.15) is 6.61 Å². The van der Waals surface area contributed by atoms with Gasteiger partial charge in [-0.25, -0.2) is 4.79 Å². The fourth-order valence-electron chi connectivity index (χ4n) is 7.30. The Labute approximate surface area is 381 Å². The monoisotopic (exact) mass is 871 g/mol. The van der Waals surface area contributed by atoms with Crippen LogP contribution >= 0.6 is 0 Å². The van der Waals surface area contributed by atoms with Crippen molar-refractivity contribution in [3.63, 3.8) is 0 Å². The van der Waals surface area contributed by atoms with Crippen LogP contribution in [-0.4, -0.2) is 80.6 Å². The lowest BCUT2D eigenvalue weighted by Crippen LogP contribution is -2.50. The van der Waals surface area contributed by atoms with E-state index < -0.39 is 18.1 Å². The molecule has 0 radical (unpaired) electrons. The number of rotatable bonds is 45. The van der Waals surface area contributed by atoms with Crippen LogP contribution in [0.25, 0.3) is 0 Å². The number of hydrogen-bond donors (Lipinski definition) is 1. The van der Waals surface area contributed by atoms with Crippen LogP contribution in [0.4, 0.5) is 0 Å². The van der Waals surface area contributed by atoms with Crippen LogP contribution in [0.1, 0.15) is 213 Å². The normalized spacial score (nSPS) is 13.4. The number of nitrogens with zero attached hydrogens (tertiary/aromatic N) is 1. The summed E-state index contributed by atoms with van der Waals surface area (Å²) in [6, 6.07) is -0.617. The fourth-order valence-corrected chi connectivity index (χ4v) is 7.30. The first-order valence-corrected chi connectivity index (χ1v) is 25.3. The molecule has 62 heavy (non-hydrogen) atoms. The zero-order valence-corrected chi connectivity index (χ0v) is 40.8. The standard InChI is InChI=1S/C54H95NO7/c1-6-8-10-12-14-16-18-20-22-23-24-25-26-27-28-29-31-32-34-36-38-40-42-44-52(56)61-49-50(48-60-47-46-51(54(58)59)55(3,4)5)62-53(57)45-43-41-39-37-35-33-30-21-19-17-15-13-11-9-7-2/h8,10,14,16,20,22,24-25,27-28,50-51H,6-7,9,11-13,15,17-19,21,23,26,29-49H2,1-5H3/p+1/b10-8+,16-14+,22-20+,25-24+,28-27+. The number of esters is 2. The van der Waals surface area contributed by atoms with Crippen LogP contribution in [0.5, 0.6) is 0 Å². The highest BCUT2D eigenvalue weighted by molar-refractivity contribution is 5.72. The molecule has 0 saturated carbocycles. The van der Waals surface area contributed by atoms with Crippen LogP contribution in [0.2, 0.25) is 0 Å². The predicted octanol–water partition coefficient (Wildman–Crippen LogP) is 14.5. The van der Waals surface area contributed by atoms with E-state index in [2.05, 4.69) is 74.6 Å². The Morgan fingerprint density at radius 3 is 1.34 bits per heavy atom. The van der Waals surface area contributed by atoms with E-state index in [4.69, 9.17) is 14.2 Å². The summed E-state index contributed by atoms with van der Waals surface area (Å²) in [5.74, 6) is -1.47. The largest absolute Gasteiger partial charge is 0.477 e. The van der Waals surface area contributed by atoms with Gasteiger partial charge in [0.2, 0.25) is 0 Å². The Morgan fingerprint density at radius 2 is 0.903 bits per heavy atom.